The fourth-order valence-electron chi connectivity index (χ4n) is 2.45. The van der Waals surface area contributed by atoms with Gasteiger partial charge in [0.15, 0.2) is 0 Å². The van der Waals surface area contributed by atoms with E-state index < -0.39 is 0 Å². The number of nitrogens with zero attached hydrogens (tertiary/aromatic N) is 1. The molecule has 0 radical (unpaired) electrons. The lowest BCUT2D eigenvalue weighted by Gasteiger charge is -2.16. The van der Waals surface area contributed by atoms with Crippen molar-refractivity contribution in [1.29, 1.82) is 0 Å². The molecule has 138 valence electrons. The van der Waals surface area contributed by atoms with Crippen molar-refractivity contribution in [2.45, 2.75) is 13.3 Å². The van der Waals surface area contributed by atoms with Gasteiger partial charge in [-0.2, -0.15) is 0 Å². The molecule has 0 saturated heterocycles. The van der Waals surface area contributed by atoms with Crippen LogP contribution in [0, 0.1) is 0 Å². The van der Waals surface area contributed by atoms with E-state index in [-0.39, 0.29) is 24.9 Å². The summed E-state index contributed by atoms with van der Waals surface area (Å²) in [5.41, 5.74) is 2.66. The van der Waals surface area contributed by atoms with Gasteiger partial charge in [0, 0.05) is 11.4 Å². The molecule has 2 amide bonds. The molecule has 2 aromatic rings. The lowest BCUT2D eigenvalue weighted by Crippen LogP contribution is -2.36. The Morgan fingerprint density at radius 2 is 1.35 bits per heavy atom. The molecular formula is C20H25N3O3. The number of anilines is 2. The Bertz CT molecular complexity index is 663. The Morgan fingerprint density at radius 3 is 1.77 bits per heavy atom. The van der Waals surface area contributed by atoms with Crippen LogP contribution in [0.2, 0.25) is 0 Å². The first-order valence-corrected chi connectivity index (χ1v) is 8.51. The van der Waals surface area contributed by atoms with E-state index in [1.54, 1.807) is 43.3 Å². The first-order chi connectivity index (χ1) is 12.5. The molecule has 0 aromatic heterocycles. The molecule has 0 heterocycles. The van der Waals surface area contributed by atoms with Gasteiger partial charge in [0.25, 0.3) is 0 Å². The molecule has 0 spiro atoms. The van der Waals surface area contributed by atoms with E-state index in [1.165, 1.54) is 5.56 Å². The SMILES string of the molecule is CCc1ccc(NC(=O)CN(C)CC(=O)Nc2ccc(OC)cc2)cc1. The molecule has 2 rings (SSSR count). The standard InChI is InChI=1S/C20H25N3O3/c1-4-15-5-7-16(8-6-15)21-19(24)13-23(2)14-20(25)22-17-9-11-18(26-3)12-10-17/h5-12H,4,13-14H2,1-3H3,(H,21,24)(H,22,25). The lowest BCUT2D eigenvalue weighted by molar-refractivity contribution is -0.119. The number of benzene rings is 2. The molecule has 0 saturated carbocycles. The van der Waals surface area contributed by atoms with E-state index in [0.29, 0.717) is 5.69 Å². The lowest BCUT2D eigenvalue weighted by atomic mass is 10.1. The zero-order valence-electron chi connectivity index (χ0n) is 15.4. The highest BCUT2D eigenvalue weighted by Crippen LogP contribution is 2.15. The number of hydrogen-bond acceptors (Lipinski definition) is 4. The van der Waals surface area contributed by atoms with Crippen molar-refractivity contribution < 1.29 is 14.3 Å². The highest BCUT2D eigenvalue weighted by Gasteiger charge is 2.11. The Morgan fingerprint density at radius 1 is 0.885 bits per heavy atom. The monoisotopic (exact) mass is 355 g/mol. The number of carbonyl (C=O) groups excluding carboxylic acids is 2. The largest absolute Gasteiger partial charge is 0.497 e. The number of aryl methyl sites for hydroxylation is 1. The van der Waals surface area contributed by atoms with Crippen LogP contribution in [0.5, 0.6) is 5.75 Å². The van der Waals surface area contributed by atoms with Gasteiger partial charge in [-0.3, -0.25) is 14.5 Å². The predicted molar refractivity (Wildman–Crippen MR) is 104 cm³/mol. The third-order valence-electron chi connectivity index (χ3n) is 3.85. The van der Waals surface area contributed by atoms with Crippen LogP contribution in [0.4, 0.5) is 11.4 Å². The predicted octanol–water partition coefficient (Wildman–Crippen LogP) is 2.77. The van der Waals surface area contributed by atoms with Gasteiger partial charge in [-0.15, -0.1) is 0 Å². The highest BCUT2D eigenvalue weighted by molar-refractivity contribution is 5.94. The van der Waals surface area contributed by atoms with E-state index in [0.717, 1.165) is 17.9 Å². The first-order valence-electron chi connectivity index (χ1n) is 8.51. The van der Waals surface area contributed by atoms with Crippen LogP contribution in [0.3, 0.4) is 0 Å². The van der Waals surface area contributed by atoms with Gasteiger partial charge in [0.1, 0.15) is 5.75 Å². The molecule has 0 atom stereocenters. The molecule has 0 aliphatic carbocycles. The third kappa shape index (κ3) is 6.22. The van der Waals surface area contributed by atoms with Crippen molar-refractivity contribution in [2.24, 2.45) is 0 Å². The molecule has 2 N–H and O–H groups in total. The van der Waals surface area contributed by atoms with E-state index >= 15 is 0 Å². The average Bonchev–Trinajstić information content (AvgIpc) is 2.62. The van der Waals surface area contributed by atoms with Crippen molar-refractivity contribution >= 4 is 23.2 Å². The van der Waals surface area contributed by atoms with E-state index in [9.17, 15) is 9.59 Å². The van der Waals surface area contributed by atoms with Crippen LogP contribution >= 0.6 is 0 Å². The van der Waals surface area contributed by atoms with Crippen molar-refractivity contribution in [2.75, 3.05) is 37.9 Å². The van der Waals surface area contributed by atoms with E-state index in [4.69, 9.17) is 4.74 Å². The van der Waals surface area contributed by atoms with Crippen molar-refractivity contribution in [3.8, 4) is 5.75 Å². The van der Waals surface area contributed by atoms with Gasteiger partial charge in [0.2, 0.25) is 11.8 Å². The number of amides is 2. The second-order valence-electron chi connectivity index (χ2n) is 6.05. The number of rotatable bonds is 8. The Balaban J connectivity index is 1.77. The summed E-state index contributed by atoms with van der Waals surface area (Å²) in [7, 11) is 3.32. The van der Waals surface area contributed by atoms with E-state index in [2.05, 4.69) is 17.6 Å². The third-order valence-corrected chi connectivity index (χ3v) is 3.85. The highest BCUT2D eigenvalue weighted by atomic mass is 16.5. The number of likely N-dealkylation sites (N-methyl/N-ethyl adjacent to an activating group) is 1. The summed E-state index contributed by atoms with van der Waals surface area (Å²) >= 11 is 0. The smallest absolute Gasteiger partial charge is 0.238 e. The Kier molecular flexibility index (Phi) is 7.17. The minimum absolute atomic E-state index is 0.119. The topological polar surface area (TPSA) is 70.7 Å². The maximum Gasteiger partial charge on any atom is 0.238 e. The van der Waals surface area contributed by atoms with Crippen molar-refractivity contribution in [3.05, 3.63) is 54.1 Å². The molecule has 0 aliphatic rings. The van der Waals surface area contributed by atoms with Gasteiger partial charge in [-0.25, -0.2) is 0 Å². The molecule has 6 heteroatoms. The molecule has 2 aromatic carbocycles. The maximum absolute atomic E-state index is 12.1. The summed E-state index contributed by atoms with van der Waals surface area (Å²) in [6.07, 6.45) is 0.959. The fraction of sp³-hybridized carbons (Fsp3) is 0.300. The summed E-state index contributed by atoms with van der Waals surface area (Å²) in [5, 5.41) is 5.63. The summed E-state index contributed by atoms with van der Waals surface area (Å²) in [6, 6.07) is 14.8. The fourth-order valence-corrected chi connectivity index (χ4v) is 2.45. The quantitative estimate of drug-likeness (QED) is 0.764. The van der Waals surface area contributed by atoms with Gasteiger partial charge in [-0.05, 0) is 55.4 Å². The van der Waals surface area contributed by atoms with Crippen LogP contribution in [0.1, 0.15) is 12.5 Å². The molecule has 26 heavy (non-hydrogen) atoms. The molecular weight excluding hydrogens is 330 g/mol. The van der Waals surface area contributed by atoms with Gasteiger partial charge >= 0.3 is 0 Å². The average molecular weight is 355 g/mol. The first kappa shape index (κ1) is 19.5. The number of nitrogens with one attached hydrogen (secondary N) is 2. The number of hydrogen-bond donors (Lipinski definition) is 2. The summed E-state index contributed by atoms with van der Waals surface area (Å²) in [6.45, 7) is 2.33. The molecule has 6 nitrogen and oxygen atoms in total. The second kappa shape index (κ2) is 9.58. The molecule has 0 unspecified atom stereocenters. The van der Waals surface area contributed by atoms with E-state index in [1.807, 2.05) is 24.3 Å². The summed E-state index contributed by atoms with van der Waals surface area (Å²) < 4.78 is 5.08. The van der Waals surface area contributed by atoms with Crippen LogP contribution in [0.15, 0.2) is 48.5 Å². The Labute approximate surface area is 154 Å². The maximum atomic E-state index is 12.1. The van der Waals surface area contributed by atoms with Crippen LogP contribution in [-0.2, 0) is 16.0 Å². The van der Waals surface area contributed by atoms with Gasteiger partial charge in [0.05, 0.1) is 20.2 Å². The molecule has 0 fully saturated rings. The van der Waals surface area contributed by atoms with Gasteiger partial charge in [-0.1, -0.05) is 19.1 Å². The minimum atomic E-state index is -0.183. The van der Waals surface area contributed by atoms with Crippen LogP contribution < -0.4 is 15.4 Å². The van der Waals surface area contributed by atoms with Crippen molar-refractivity contribution in [3.63, 3.8) is 0 Å². The number of ether oxygens (including phenoxy) is 1. The minimum Gasteiger partial charge on any atom is -0.497 e. The zero-order chi connectivity index (χ0) is 18.9. The molecule has 0 bridgehead atoms. The zero-order valence-corrected chi connectivity index (χ0v) is 15.4. The van der Waals surface area contributed by atoms with Crippen LogP contribution in [-0.4, -0.2) is 44.0 Å². The molecule has 0 aliphatic heterocycles. The summed E-state index contributed by atoms with van der Waals surface area (Å²) in [5.74, 6) is 0.385. The van der Waals surface area contributed by atoms with Crippen molar-refractivity contribution in [1.82, 2.24) is 4.90 Å². The summed E-state index contributed by atoms with van der Waals surface area (Å²) in [4.78, 5) is 25.8. The second-order valence-corrected chi connectivity index (χ2v) is 6.05. The normalized spacial score (nSPS) is 10.5. The van der Waals surface area contributed by atoms with Crippen LogP contribution in [0.25, 0.3) is 0 Å². The number of carbonyl (C=O) groups is 2. The Hall–Kier alpha value is -2.86. The number of methoxy groups -OCH3 is 1. The van der Waals surface area contributed by atoms with Gasteiger partial charge < -0.3 is 15.4 Å².